The zero-order chi connectivity index (χ0) is 13.3. The van der Waals surface area contributed by atoms with Crippen molar-refractivity contribution in [3.63, 3.8) is 0 Å². The number of hydrogen-bond acceptors (Lipinski definition) is 3. The first-order valence-corrected chi connectivity index (χ1v) is 6.19. The van der Waals surface area contributed by atoms with Crippen molar-refractivity contribution < 1.29 is 9.53 Å². The van der Waals surface area contributed by atoms with Crippen LogP contribution < -0.4 is 10.5 Å². The molecule has 0 fully saturated rings. The molecule has 2 rings (SSSR count). The number of likely N-dealkylation sites (N-methyl/N-ethyl adjacent to an activating group) is 1. The Morgan fingerprint density at radius 2 is 2.22 bits per heavy atom. The Balaban J connectivity index is 2.24. The van der Waals surface area contributed by atoms with Crippen molar-refractivity contribution in [3.8, 4) is 5.75 Å². The topological polar surface area (TPSA) is 55.6 Å². The van der Waals surface area contributed by atoms with E-state index < -0.39 is 0 Å². The summed E-state index contributed by atoms with van der Waals surface area (Å²) in [5, 5.41) is 0. The van der Waals surface area contributed by atoms with E-state index in [1.165, 1.54) is 0 Å². The number of carbonyl (C=O) groups excluding carboxylic acids is 1. The first-order valence-electron chi connectivity index (χ1n) is 6.19. The van der Waals surface area contributed by atoms with E-state index in [0.29, 0.717) is 18.7 Å². The zero-order valence-corrected chi connectivity index (χ0v) is 11.2. The van der Waals surface area contributed by atoms with Gasteiger partial charge in [-0.25, -0.2) is 0 Å². The van der Waals surface area contributed by atoms with Gasteiger partial charge in [0.25, 0.3) is 5.91 Å². The maximum absolute atomic E-state index is 12.4. The number of rotatable bonds is 3. The normalized spacial score (nSPS) is 14.0. The third-order valence-electron chi connectivity index (χ3n) is 3.65. The predicted molar refractivity (Wildman–Crippen MR) is 70.9 cm³/mol. The maximum atomic E-state index is 12.4. The monoisotopic (exact) mass is 248 g/mol. The highest BCUT2D eigenvalue weighted by Gasteiger charge is 2.27. The minimum absolute atomic E-state index is 0.000139. The molecule has 98 valence electrons. The Kier molecular flexibility index (Phi) is 3.30. The summed E-state index contributed by atoms with van der Waals surface area (Å²) < 4.78 is 5.44. The Hall–Kier alpha value is -1.55. The van der Waals surface area contributed by atoms with E-state index in [9.17, 15) is 4.79 Å². The maximum Gasteiger partial charge on any atom is 0.254 e. The highest BCUT2D eigenvalue weighted by Crippen LogP contribution is 2.27. The van der Waals surface area contributed by atoms with Crippen LogP contribution in [0.3, 0.4) is 0 Å². The Morgan fingerprint density at radius 3 is 2.89 bits per heavy atom. The van der Waals surface area contributed by atoms with Gasteiger partial charge in [0.2, 0.25) is 0 Å². The second-order valence-corrected chi connectivity index (χ2v) is 5.30. The van der Waals surface area contributed by atoms with E-state index in [0.717, 1.165) is 17.7 Å². The van der Waals surface area contributed by atoms with Gasteiger partial charge in [0, 0.05) is 31.1 Å². The van der Waals surface area contributed by atoms with E-state index in [4.69, 9.17) is 10.5 Å². The molecule has 4 nitrogen and oxygen atoms in total. The van der Waals surface area contributed by atoms with Gasteiger partial charge < -0.3 is 15.4 Å². The predicted octanol–water partition coefficient (Wildman–Crippen LogP) is 1.43. The van der Waals surface area contributed by atoms with Crippen LogP contribution in [0.15, 0.2) is 18.2 Å². The van der Waals surface area contributed by atoms with E-state index >= 15 is 0 Å². The van der Waals surface area contributed by atoms with Crippen molar-refractivity contribution in [3.05, 3.63) is 29.3 Å². The Labute approximate surface area is 108 Å². The molecule has 1 heterocycles. The van der Waals surface area contributed by atoms with Crippen LogP contribution in [0.25, 0.3) is 0 Å². The first-order chi connectivity index (χ1) is 8.45. The number of amides is 1. The molecular weight excluding hydrogens is 228 g/mol. The van der Waals surface area contributed by atoms with Gasteiger partial charge in [-0.2, -0.15) is 0 Å². The fraction of sp³-hybridized carbons (Fsp3) is 0.500. The Morgan fingerprint density at radius 1 is 1.50 bits per heavy atom. The summed E-state index contributed by atoms with van der Waals surface area (Å²) in [5.41, 5.74) is 7.17. The van der Waals surface area contributed by atoms with Gasteiger partial charge >= 0.3 is 0 Å². The molecule has 0 aliphatic carbocycles. The lowest BCUT2D eigenvalue weighted by Gasteiger charge is -2.34. The van der Waals surface area contributed by atoms with E-state index in [-0.39, 0.29) is 11.4 Å². The molecule has 1 aromatic rings. The number of nitrogens with two attached hydrogens (primary N) is 1. The minimum Gasteiger partial charge on any atom is -0.493 e. The number of fused-ring (bicyclic) bond motifs is 1. The van der Waals surface area contributed by atoms with Crippen LogP contribution in [-0.4, -0.2) is 36.5 Å². The second kappa shape index (κ2) is 4.61. The molecule has 1 aliphatic heterocycles. The molecule has 0 saturated heterocycles. The van der Waals surface area contributed by atoms with Crippen molar-refractivity contribution in [2.24, 2.45) is 5.73 Å². The van der Waals surface area contributed by atoms with Gasteiger partial charge in [0.15, 0.2) is 0 Å². The van der Waals surface area contributed by atoms with Gasteiger partial charge in [-0.05, 0) is 37.6 Å². The molecule has 1 amide bonds. The minimum atomic E-state index is -0.341. The lowest BCUT2D eigenvalue weighted by atomic mass is 10.0. The molecule has 0 radical (unpaired) electrons. The summed E-state index contributed by atoms with van der Waals surface area (Å²) in [6.45, 7) is 5.06. The van der Waals surface area contributed by atoms with Crippen LogP contribution in [0.2, 0.25) is 0 Å². The molecule has 0 spiro atoms. The zero-order valence-electron chi connectivity index (χ0n) is 11.2. The van der Waals surface area contributed by atoms with Crippen molar-refractivity contribution in [1.29, 1.82) is 0 Å². The van der Waals surface area contributed by atoms with Crippen LogP contribution in [0.1, 0.15) is 29.8 Å². The molecule has 1 aromatic carbocycles. The Bertz CT molecular complexity index is 469. The average Bonchev–Trinajstić information content (AvgIpc) is 2.84. The third-order valence-corrected chi connectivity index (χ3v) is 3.65. The number of benzene rings is 1. The molecule has 1 aliphatic rings. The van der Waals surface area contributed by atoms with E-state index in [1.54, 1.807) is 11.9 Å². The lowest BCUT2D eigenvalue weighted by molar-refractivity contribution is 0.0640. The van der Waals surface area contributed by atoms with Crippen LogP contribution in [0.4, 0.5) is 0 Å². The van der Waals surface area contributed by atoms with Crippen molar-refractivity contribution >= 4 is 5.91 Å². The van der Waals surface area contributed by atoms with Crippen molar-refractivity contribution in [2.45, 2.75) is 25.8 Å². The molecule has 2 N–H and O–H groups in total. The van der Waals surface area contributed by atoms with E-state index in [1.807, 2.05) is 32.0 Å². The highest BCUT2D eigenvalue weighted by molar-refractivity contribution is 5.95. The second-order valence-electron chi connectivity index (χ2n) is 5.30. The summed E-state index contributed by atoms with van der Waals surface area (Å²) in [6.07, 6.45) is 0.875. The molecular formula is C14H20N2O2. The molecule has 0 atom stereocenters. The average molecular weight is 248 g/mol. The molecule has 0 saturated carbocycles. The SMILES string of the molecule is CN(C(=O)c1ccc2c(c1)CCO2)C(C)(C)CN. The number of hydrogen-bond donors (Lipinski definition) is 1. The molecule has 0 aromatic heterocycles. The van der Waals surface area contributed by atoms with Crippen LogP contribution in [0.5, 0.6) is 5.75 Å². The van der Waals surface area contributed by atoms with Crippen LogP contribution >= 0.6 is 0 Å². The standard InChI is InChI=1S/C14H20N2O2/c1-14(2,9-15)16(3)13(17)11-4-5-12-10(8-11)6-7-18-12/h4-5,8H,6-7,9,15H2,1-3H3. The summed E-state index contributed by atoms with van der Waals surface area (Å²) >= 11 is 0. The fourth-order valence-corrected chi connectivity index (χ4v) is 1.93. The van der Waals surface area contributed by atoms with Gasteiger partial charge in [0.1, 0.15) is 5.75 Å². The summed E-state index contributed by atoms with van der Waals surface area (Å²) in [7, 11) is 1.79. The van der Waals surface area contributed by atoms with E-state index in [2.05, 4.69) is 0 Å². The molecule has 0 bridgehead atoms. The summed E-state index contributed by atoms with van der Waals surface area (Å²) in [6, 6.07) is 5.61. The largest absolute Gasteiger partial charge is 0.493 e. The lowest BCUT2D eigenvalue weighted by Crippen LogP contribution is -2.50. The van der Waals surface area contributed by atoms with Crippen molar-refractivity contribution in [2.75, 3.05) is 20.2 Å². The smallest absolute Gasteiger partial charge is 0.254 e. The van der Waals surface area contributed by atoms with Gasteiger partial charge in [-0.3, -0.25) is 4.79 Å². The molecule has 0 unspecified atom stereocenters. The number of carbonyl (C=O) groups is 1. The van der Waals surface area contributed by atoms with Gasteiger partial charge in [-0.1, -0.05) is 0 Å². The quantitative estimate of drug-likeness (QED) is 0.880. The van der Waals surface area contributed by atoms with Crippen LogP contribution in [0, 0.1) is 0 Å². The van der Waals surface area contributed by atoms with Crippen LogP contribution in [-0.2, 0) is 6.42 Å². The summed E-state index contributed by atoms with van der Waals surface area (Å²) in [5.74, 6) is 0.896. The fourth-order valence-electron chi connectivity index (χ4n) is 1.93. The van der Waals surface area contributed by atoms with Gasteiger partial charge in [0.05, 0.1) is 6.61 Å². The highest BCUT2D eigenvalue weighted by atomic mass is 16.5. The number of nitrogens with zero attached hydrogens (tertiary/aromatic N) is 1. The third kappa shape index (κ3) is 2.20. The first kappa shape index (κ1) is 12.9. The molecule has 4 heteroatoms. The molecule has 18 heavy (non-hydrogen) atoms. The van der Waals surface area contributed by atoms with Gasteiger partial charge in [-0.15, -0.1) is 0 Å². The number of ether oxygens (including phenoxy) is 1. The summed E-state index contributed by atoms with van der Waals surface area (Å²) in [4.78, 5) is 14.1. The van der Waals surface area contributed by atoms with Crippen molar-refractivity contribution in [1.82, 2.24) is 4.90 Å².